The molecule has 1 aromatic carbocycles. The maximum absolute atomic E-state index is 12.1. The second kappa shape index (κ2) is 5.58. The third kappa shape index (κ3) is 3.61. The fourth-order valence-corrected chi connectivity index (χ4v) is 3.25. The fraction of sp³-hybridized carbons (Fsp3) is 0.273. The highest BCUT2D eigenvalue weighted by Gasteiger charge is 2.31. The van der Waals surface area contributed by atoms with Crippen LogP contribution in [0, 0.1) is 10.1 Å². The first-order valence-electron chi connectivity index (χ1n) is 5.82. The van der Waals surface area contributed by atoms with Crippen LogP contribution >= 0.6 is 0 Å². The van der Waals surface area contributed by atoms with E-state index in [2.05, 4.69) is 0 Å². The number of carbonyl (C=O) groups excluding carboxylic acids is 2. The predicted molar refractivity (Wildman–Crippen MR) is 70.4 cm³/mol. The van der Waals surface area contributed by atoms with Gasteiger partial charge < -0.3 is 0 Å². The number of rotatable bonds is 4. The van der Waals surface area contributed by atoms with Crippen LogP contribution in [0.4, 0.5) is 5.69 Å². The molecule has 112 valence electrons. The fourth-order valence-electron chi connectivity index (χ4n) is 1.82. The van der Waals surface area contributed by atoms with Gasteiger partial charge in [-0.25, -0.2) is 8.42 Å². The van der Waals surface area contributed by atoms with Crippen LogP contribution in [0.2, 0.25) is 0 Å². The summed E-state index contributed by atoms with van der Waals surface area (Å²) in [4.78, 5) is 32.3. The second-order valence-corrected chi connectivity index (χ2v) is 6.39. The van der Waals surface area contributed by atoms with Crippen LogP contribution in [-0.2, 0) is 25.4 Å². The van der Waals surface area contributed by atoms with Crippen LogP contribution in [0.25, 0.3) is 0 Å². The third-order valence-corrected chi connectivity index (χ3v) is 4.55. The van der Waals surface area contributed by atoms with Crippen molar-refractivity contribution in [2.75, 3.05) is 13.1 Å². The SMILES string of the molecule is O=C1CN(S(=O)(=O)Cc2ccc([N+](=O)[O-])cc2)CC(=O)N1. The molecule has 1 aliphatic heterocycles. The highest BCUT2D eigenvalue weighted by atomic mass is 32.2. The van der Waals surface area contributed by atoms with Crippen LogP contribution in [0.5, 0.6) is 0 Å². The van der Waals surface area contributed by atoms with Crippen molar-refractivity contribution in [3.63, 3.8) is 0 Å². The average Bonchev–Trinajstić information content (AvgIpc) is 2.37. The van der Waals surface area contributed by atoms with E-state index in [-0.39, 0.29) is 5.69 Å². The van der Waals surface area contributed by atoms with Gasteiger partial charge in [0.1, 0.15) is 0 Å². The molecule has 21 heavy (non-hydrogen) atoms. The second-order valence-electron chi connectivity index (χ2n) is 4.42. The van der Waals surface area contributed by atoms with Gasteiger partial charge in [0, 0.05) is 12.1 Å². The number of piperazine rings is 1. The van der Waals surface area contributed by atoms with E-state index in [4.69, 9.17) is 0 Å². The number of carbonyl (C=O) groups is 2. The van der Waals surface area contributed by atoms with Gasteiger partial charge in [-0.2, -0.15) is 4.31 Å². The molecule has 1 aliphatic rings. The molecule has 1 N–H and O–H groups in total. The van der Waals surface area contributed by atoms with Gasteiger partial charge in [0.05, 0.1) is 23.8 Å². The maximum Gasteiger partial charge on any atom is 0.269 e. The molecule has 10 heteroatoms. The Morgan fingerprint density at radius 1 is 1.14 bits per heavy atom. The summed E-state index contributed by atoms with van der Waals surface area (Å²) in [6, 6.07) is 5.03. The number of benzene rings is 1. The lowest BCUT2D eigenvalue weighted by Gasteiger charge is -2.24. The number of sulfonamides is 1. The van der Waals surface area contributed by atoms with Crippen LogP contribution in [0.3, 0.4) is 0 Å². The van der Waals surface area contributed by atoms with E-state index in [1.54, 1.807) is 0 Å². The number of nitro benzene ring substituents is 1. The minimum atomic E-state index is -3.85. The van der Waals surface area contributed by atoms with Crippen LogP contribution < -0.4 is 5.32 Å². The molecule has 0 saturated carbocycles. The van der Waals surface area contributed by atoms with Crippen molar-refractivity contribution in [1.29, 1.82) is 0 Å². The zero-order chi connectivity index (χ0) is 15.6. The van der Waals surface area contributed by atoms with E-state index in [1.807, 2.05) is 5.32 Å². The Balaban J connectivity index is 2.15. The van der Waals surface area contributed by atoms with E-state index in [0.29, 0.717) is 5.56 Å². The Hall–Kier alpha value is -2.33. The van der Waals surface area contributed by atoms with Crippen molar-refractivity contribution >= 4 is 27.5 Å². The first kappa shape index (κ1) is 15.1. The maximum atomic E-state index is 12.1. The number of nitro groups is 1. The van der Waals surface area contributed by atoms with Crippen molar-refractivity contribution in [3.05, 3.63) is 39.9 Å². The summed E-state index contributed by atoms with van der Waals surface area (Å²) in [7, 11) is -3.85. The summed E-state index contributed by atoms with van der Waals surface area (Å²) in [5.41, 5.74) is 0.183. The predicted octanol–water partition coefficient (Wildman–Crippen LogP) is -0.617. The molecule has 1 heterocycles. The number of hydrogen-bond donors (Lipinski definition) is 1. The lowest BCUT2D eigenvalue weighted by Crippen LogP contribution is -2.53. The molecule has 1 saturated heterocycles. The van der Waals surface area contributed by atoms with E-state index < -0.39 is 45.6 Å². The minimum Gasteiger partial charge on any atom is -0.294 e. The van der Waals surface area contributed by atoms with E-state index >= 15 is 0 Å². The topological polar surface area (TPSA) is 127 Å². The highest BCUT2D eigenvalue weighted by Crippen LogP contribution is 2.16. The van der Waals surface area contributed by atoms with E-state index in [0.717, 1.165) is 4.31 Å². The third-order valence-electron chi connectivity index (χ3n) is 2.81. The van der Waals surface area contributed by atoms with Crippen molar-refractivity contribution in [2.45, 2.75) is 5.75 Å². The zero-order valence-electron chi connectivity index (χ0n) is 10.7. The molecule has 0 atom stereocenters. The molecular weight excluding hydrogens is 302 g/mol. The molecule has 2 rings (SSSR count). The van der Waals surface area contributed by atoms with Gasteiger partial charge >= 0.3 is 0 Å². The Morgan fingerprint density at radius 3 is 2.14 bits per heavy atom. The Morgan fingerprint density at radius 2 is 1.67 bits per heavy atom. The van der Waals surface area contributed by atoms with E-state index in [9.17, 15) is 28.1 Å². The summed E-state index contributed by atoms with van der Waals surface area (Å²) in [5.74, 6) is -1.80. The zero-order valence-corrected chi connectivity index (χ0v) is 11.5. The van der Waals surface area contributed by atoms with Gasteiger partial charge in [-0.15, -0.1) is 0 Å². The van der Waals surface area contributed by atoms with Crippen molar-refractivity contribution in [3.8, 4) is 0 Å². The molecule has 0 aliphatic carbocycles. The molecule has 1 aromatic rings. The van der Waals surface area contributed by atoms with Gasteiger partial charge in [0.25, 0.3) is 5.69 Å². The number of non-ortho nitro benzene ring substituents is 1. The van der Waals surface area contributed by atoms with Crippen LogP contribution in [0.15, 0.2) is 24.3 Å². The van der Waals surface area contributed by atoms with E-state index in [1.165, 1.54) is 24.3 Å². The Bertz CT molecular complexity index is 681. The summed E-state index contributed by atoms with van der Waals surface area (Å²) >= 11 is 0. The van der Waals surface area contributed by atoms with Crippen LogP contribution in [-0.4, -0.2) is 42.6 Å². The molecule has 9 nitrogen and oxygen atoms in total. The molecule has 2 amide bonds. The molecule has 0 unspecified atom stereocenters. The lowest BCUT2D eigenvalue weighted by atomic mass is 10.2. The molecular formula is C11H11N3O6S. The summed E-state index contributed by atoms with van der Waals surface area (Å²) in [6.45, 7) is -0.831. The lowest BCUT2D eigenvalue weighted by molar-refractivity contribution is -0.384. The monoisotopic (exact) mass is 313 g/mol. The molecule has 0 aromatic heterocycles. The van der Waals surface area contributed by atoms with Crippen molar-refractivity contribution < 1.29 is 22.9 Å². The number of amides is 2. The standard InChI is InChI=1S/C11H11N3O6S/c15-10-5-13(6-11(16)12-10)21(19,20)7-8-1-3-9(4-2-8)14(17)18/h1-4H,5-7H2,(H,12,15,16). The first-order chi connectivity index (χ1) is 9.78. The highest BCUT2D eigenvalue weighted by molar-refractivity contribution is 7.88. The van der Waals surface area contributed by atoms with Crippen LogP contribution in [0.1, 0.15) is 5.56 Å². The molecule has 0 bridgehead atoms. The molecule has 0 spiro atoms. The summed E-state index contributed by atoms with van der Waals surface area (Å²) in [6.07, 6.45) is 0. The Labute approximate surface area is 119 Å². The summed E-state index contributed by atoms with van der Waals surface area (Å²) < 4.78 is 25.0. The van der Waals surface area contributed by atoms with Gasteiger partial charge in [0.2, 0.25) is 21.8 Å². The number of nitrogens with one attached hydrogen (secondary N) is 1. The normalized spacial score (nSPS) is 16.6. The van der Waals surface area contributed by atoms with Gasteiger partial charge in [-0.1, -0.05) is 12.1 Å². The summed E-state index contributed by atoms with van der Waals surface area (Å²) in [5, 5.41) is 12.5. The number of imide groups is 1. The Kier molecular flexibility index (Phi) is 4.00. The van der Waals surface area contributed by atoms with Gasteiger partial charge in [-0.05, 0) is 5.56 Å². The average molecular weight is 313 g/mol. The van der Waals surface area contributed by atoms with Crippen molar-refractivity contribution in [1.82, 2.24) is 9.62 Å². The largest absolute Gasteiger partial charge is 0.294 e. The van der Waals surface area contributed by atoms with Gasteiger partial charge in [0.15, 0.2) is 0 Å². The smallest absolute Gasteiger partial charge is 0.269 e. The van der Waals surface area contributed by atoms with Crippen molar-refractivity contribution in [2.24, 2.45) is 0 Å². The first-order valence-corrected chi connectivity index (χ1v) is 7.43. The number of nitrogens with zero attached hydrogens (tertiary/aromatic N) is 2. The minimum absolute atomic E-state index is 0.149. The molecule has 0 radical (unpaired) electrons. The molecule has 1 fully saturated rings. The van der Waals surface area contributed by atoms with Gasteiger partial charge in [-0.3, -0.25) is 25.0 Å². The number of hydrogen-bond acceptors (Lipinski definition) is 6. The quantitative estimate of drug-likeness (QED) is 0.448.